The molecule has 0 spiro atoms. The van der Waals surface area contributed by atoms with E-state index in [-0.39, 0.29) is 23.0 Å². The van der Waals surface area contributed by atoms with Crippen molar-refractivity contribution in [2.45, 2.75) is 31.3 Å². The first-order chi connectivity index (χ1) is 17.0. The molecule has 0 saturated heterocycles. The third-order valence-corrected chi connectivity index (χ3v) is 8.07. The number of sulfonamides is 1. The van der Waals surface area contributed by atoms with Gasteiger partial charge in [0.1, 0.15) is 12.6 Å². The Morgan fingerprint density at radius 1 is 0.944 bits per heavy atom. The van der Waals surface area contributed by atoms with E-state index in [1.807, 2.05) is 31.2 Å². The smallest absolute Gasteiger partial charge is 0.264 e. The molecule has 10 heteroatoms. The number of anilines is 1. The minimum atomic E-state index is -4.18. The van der Waals surface area contributed by atoms with Crippen LogP contribution in [0.25, 0.3) is 0 Å². The van der Waals surface area contributed by atoms with Crippen LogP contribution in [0.1, 0.15) is 18.1 Å². The van der Waals surface area contributed by atoms with Crippen LogP contribution in [0.5, 0.6) is 0 Å². The van der Waals surface area contributed by atoms with Gasteiger partial charge in [-0.1, -0.05) is 53.5 Å². The Labute approximate surface area is 221 Å². The predicted octanol–water partition coefficient (Wildman–Crippen LogP) is 4.66. The van der Waals surface area contributed by atoms with Gasteiger partial charge in [0.25, 0.3) is 10.0 Å². The largest absolute Gasteiger partial charge is 0.357 e. The highest BCUT2D eigenvalue weighted by Crippen LogP contribution is 2.27. The molecule has 0 bridgehead atoms. The Balaban J connectivity index is 2.05. The van der Waals surface area contributed by atoms with E-state index in [1.165, 1.54) is 42.3 Å². The summed E-state index contributed by atoms with van der Waals surface area (Å²) in [5.41, 5.74) is 2.01. The van der Waals surface area contributed by atoms with E-state index in [9.17, 15) is 18.0 Å². The molecule has 0 unspecified atom stereocenters. The number of nitrogens with one attached hydrogen (secondary N) is 1. The summed E-state index contributed by atoms with van der Waals surface area (Å²) in [6, 6.07) is 18.6. The van der Waals surface area contributed by atoms with E-state index in [4.69, 9.17) is 23.2 Å². The predicted molar refractivity (Wildman–Crippen MR) is 143 cm³/mol. The Hall–Kier alpha value is -3.07. The van der Waals surface area contributed by atoms with Crippen LogP contribution in [-0.4, -0.2) is 44.8 Å². The molecule has 3 aromatic carbocycles. The highest BCUT2D eigenvalue weighted by molar-refractivity contribution is 7.92. The van der Waals surface area contributed by atoms with Crippen LogP contribution in [0, 0.1) is 6.92 Å². The lowest BCUT2D eigenvalue weighted by molar-refractivity contribution is -0.139. The SMILES string of the molecule is CNC(=O)[C@@H](C)N(Cc1ccccc1C)C(=O)CN(c1cccc(Cl)c1)S(=O)(=O)c1ccc(Cl)cc1. The zero-order valence-electron chi connectivity index (χ0n) is 20.1. The molecule has 1 atom stereocenters. The number of carbonyl (C=O) groups excluding carboxylic acids is 2. The van der Waals surface area contributed by atoms with Gasteiger partial charge in [-0.15, -0.1) is 0 Å². The zero-order valence-corrected chi connectivity index (χ0v) is 22.4. The van der Waals surface area contributed by atoms with Gasteiger partial charge in [0, 0.05) is 23.6 Å². The van der Waals surface area contributed by atoms with Gasteiger partial charge in [0.2, 0.25) is 11.8 Å². The summed E-state index contributed by atoms with van der Waals surface area (Å²) in [4.78, 5) is 27.6. The molecule has 2 amide bonds. The summed E-state index contributed by atoms with van der Waals surface area (Å²) >= 11 is 12.1. The van der Waals surface area contributed by atoms with Gasteiger partial charge in [0.15, 0.2) is 0 Å². The number of amides is 2. The lowest BCUT2D eigenvalue weighted by atomic mass is 10.1. The molecule has 1 N–H and O–H groups in total. The summed E-state index contributed by atoms with van der Waals surface area (Å²) in [5, 5.41) is 3.25. The molecule has 0 aliphatic heterocycles. The summed E-state index contributed by atoms with van der Waals surface area (Å²) < 4.78 is 28.3. The second-order valence-electron chi connectivity index (χ2n) is 8.18. The van der Waals surface area contributed by atoms with Crippen molar-refractivity contribution in [2.75, 3.05) is 17.9 Å². The Morgan fingerprint density at radius 2 is 1.61 bits per heavy atom. The highest BCUT2D eigenvalue weighted by Gasteiger charge is 2.32. The standard InChI is InChI=1S/C26H27Cl2N3O4S/c1-18-7-4-5-8-20(18)16-30(19(2)26(33)29-3)25(32)17-31(23-10-6-9-22(28)15-23)36(34,35)24-13-11-21(27)12-14-24/h4-15,19H,16-17H2,1-3H3,(H,29,33)/t19-/m1/s1. The molecule has 3 aromatic rings. The molecular weight excluding hydrogens is 521 g/mol. The first kappa shape index (κ1) is 27.5. The molecule has 0 saturated carbocycles. The van der Waals surface area contributed by atoms with Crippen molar-refractivity contribution in [3.05, 3.63) is 94.0 Å². The van der Waals surface area contributed by atoms with Crippen molar-refractivity contribution in [2.24, 2.45) is 0 Å². The summed E-state index contributed by atoms with van der Waals surface area (Å²) in [6.45, 7) is 3.10. The highest BCUT2D eigenvalue weighted by atomic mass is 35.5. The minimum Gasteiger partial charge on any atom is -0.357 e. The van der Waals surface area contributed by atoms with Crippen molar-refractivity contribution in [1.82, 2.24) is 10.2 Å². The molecular formula is C26H27Cl2N3O4S. The van der Waals surface area contributed by atoms with E-state index in [0.29, 0.717) is 10.0 Å². The van der Waals surface area contributed by atoms with Gasteiger partial charge >= 0.3 is 0 Å². The van der Waals surface area contributed by atoms with E-state index < -0.39 is 28.5 Å². The Morgan fingerprint density at radius 3 is 2.22 bits per heavy atom. The number of nitrogens with zero attached hydrogens (tertiary/aromatic N) is 2. The van der Waals surface area contributed by atoms with Crippen LogP contribution >= 0.6 is 23.2 Å². The maximum Gasteiger partial charge on any atom is 0.264 e. The van der Waals surface area contributed by atoms with Gasteiger partial charge in [-0.25, -0.2) is 8.42 Å². The molecule has 190 valence electrons. The van der Waals surface area contributed by atoms with Crippen LogP contribution in [0.2, 0.25) is 10.0 Å². The second kappa shape index (κ2) is 11.8. The van der Waals surface area contributed by atoms with Crippen LogP contribution in [0.4, 0.5) is 5.69 Å². The first-order valence-corrected chi connectivity index (χ1v) is 13.3. The lowest BCUT2D eigenvalue weighted by Gasteiger charge is -2.32. The summed E-state index contributed by atoms with van der Waals surface area (Å²) in [5.74, 6) is -0.918. The van der Waals surface area contributed by atoms with Gasteiger partial charge in [-0.05, 0) is 67.4 Å². The third-order valence-electron chi connectivity index (χ3n) is 5.79. The average Bonchev–Trinajstić information content (AvgIpc) is 2.85. The quantitative estimate of drug-likeness (QED) is 0.422. The van der Waals surface area contributed by atoms with Crippen LogP contribution in [0.15, 0.2) is 77.7 Å². The molecule has 0 fully saturated rings. The number of aryl methyl sites for hydroxylation is 1. The van der Waals surface area contributed by atoms with Crippen molar-refractivity contribution in [3.63, 3.8) is 0 Å². The van der Waals surface area contributed by atoms with Crippen LogP contribution in [-0.2, 0) is 26.2 Å². The van der Waals surface area contributed by atoms with Gasteiger partial charge < -0.3 is 10.2 Å². The van der Waals surface area contributed by atoms with Crippen molar-refractivity contribution in [1.29, 1.82) is 0 Å². The number of hydrogen-bond acceptors (Lipinski definition) is 4. The number of rotatable bonds is 9. The fraction of sp³-hybridized carbons (Fsp3) is 0.231. The second-order valence-corrected chi connectivity index (χ2v) is 10.9. The molecule has 0 aliphatic rings. The fourth-order valence-corrected chi connectivity index (χ4v) is 5.37. The van der Waals surface area contributed by atoms with E-state index in [2.05, 4.69) is 5.32 Å². The molecule has 3 rings (SSSR count). The van der Waals surface area contributed by atoms with Crippen LogP contribution < -0.4 is 9.62 Å². The number of benzene rings is 3. The van der Waals surface area contributed by atoms with Crippen molar-refractivity contribution < 1.29 is 18.0 Å². The zero-order chi connectivity index (χ0) is 26.5. The maximum absolute atomic E-state index is 13.7. The van der Waals surface area contributed by atoms with Gasteiger partial charge in [-0.2, -0.15) is 0 Å². The lowest BCUT2D eigenvalue weighted by Crippen LogP contribution is -2.50. The van der Waals surface area contributed by atoms with E-state index in [1.54, 1.807) is 25.1 Å². The van der Waals surface area contributed by atoms with Crippen molar-refractivity contribution >= 4 is 50.7 Å². The summed E-state index contributed by atoms with van der Waals surface area (Å²) in [6.07, 6.45) is 0. The summed E-state index contributed by atoms with van der Waals surface area (Å²) in [7, 11) is -2.70. The topological polar surface area (TPSA) is 86.8 Å². The van der Waals surface area contributed by atoms with E-state index in [0.717, 1.165) is 15.4 Å². The number of halogens is 2. The number of likely N-dealkylation sites (N-methyl/N-ethyl adjacent to an activating group) is 1. The molecule has 0 aromatic heterocycles. The minimum absolute atomic E-state index is 0.0375. The van der Waals surface area contributed by atoms with Gasteiger partial charge in [-0.3, -0.25) is 13.9 Å². The normalized spacial score (nSPS) is 12.0. The molecule has 0 heterocycles. The first-order valence-electron chi connectivity index (χ1n) is 11.1. The van der Waals surface area contributed by atoms with Crippen LogP contribution in [0.3, 0.4) is 0 Å². The van der Waals surface area contributed by atoms with E-state index >= 15 is 0 Å². The Bertz CT molecular complexity index is 1350. The molecule has 7 nitrogen and oxygen atoms in total. The van der Waals surface area contributed by atoms with Crippen molar-refractivity contribution in [3.8, 4) is 0 Å². The maximum atomic E-state index is 13.7. The number of hydrogen-bond donors (Lipinski definition) is 1. The number of carbonyl (C=O) groups is 2. The average molecular weight is 548 g/mol. The van der Waals surface area contributed by atoms with Gasteiger partial charge in [0.05, 0.1) is 10.6 Å². The Kier molecular flexibility index (Phi) is 9.00. The molecule has 0 aliphatic carbocycles. The third kappa shape index (κ3) is 6.37. The molecule has 0 radical (unpaired) electrons. The molecule has 36 heavy (non-hydrogen) atoms. The fourth-order valence-electron chi connectivity index (χ4n) is 3.66. The monoisotopic (exact) mass is 547 g/mol.